The number of pyridine rings is 1. The van der Waals surface area contributed by atoms with Gasteiger partial charge in [-0.15, -0.1) is 0 Å². The van der Waals surface area contributed by atoms with Crippen LogP contribution in [0.4, 0.5) is 0 Å². The van der Waals surface area contributed by atoms with Crippen molar-refractivity contribution in [2.75, 3.05) is 19.8 Å². The lowest BCUT2D eigenvalue weighted by Gasteiger charge is -2.22. The van der Waals surface area contributed by atoms with Crippen LogP contribution in [0.5, 0.6) is 0 Å². The predicted molar refractivity (Wildman–Crippen MR) is 69.2 cm³/mol. The van der Waals surface area contributed by atoms with Crippen molar-refractivity contribution in [3.63, 3.8) is 0 Å². The van der Waals surface area contributed by atoms with Crippen LogP contribution >= 0.6 is 0 Å². The summed E-state index contributed by atoms with van der Waals surface area (Å²) in [7, 11) is 0. The highest BCUT2D eigenvalue weighted by Gasteiger charge is 2.18. The second kappa shape index (κ2) is 5.29. The molecule has 0 radical (unpaired) electrons. The van der Waals surface area contributed by atoms with E-state index in [0.717, 1.165) is 17.0 Å². The molecule has 0 amide bonds. The summed E-state index contributed by atoms with van der Waals surface area (Å²) in [6.07, 6.45) is -0.0394. The van der Waals surface area contributed by atoms with Crippen molar-refractivity contribution in [1.82, 2.24) is 4.98 Å². The molecule has 92 valence electrons. The second-order valence-corrected chi connectivity index (χ2v) is 4.25. The molecule has 2 aromatic rings. The second-order valence-electron chi connectivity index (χ2n) is 4.25. The van der Waals surface area contributed by atoms with E-state index in [4.69, 9.17) is 9.47 Å². The largest absolute Gasteiger partial charge is 0.376 e. The van der Waals surface area contributed by atoms with Crippen molar-refractivity contribution < 1.29 is 9.47 Å². The van der Waals surface area contributed by atoms with Crippen LogP contribution in [-0.4, -0.2) is 24.8 Å². The quantitative estimate of drug-likeness (QED) is 0.810. The molecular weight excluding hydrogens is 226 g/mol. The van der Waals surface area contributed by atoms with E-state index < -0.39 is 0 Å². The van der Waals surface area contributed by atoms with Crippen LogP contribution in [0.1, 0.15) is 11.8 Å². The Morgan fingerprint density at radius 3 is 2.61 bits per heavy atom. The summed E-state index contributed by atoms with van der Waals surface area (Å²) >= 11 is 0. The van der Waals surface area contributed by atoms with Crippen molar-refractivity contribution in [3.8, 4) is 11.3 Å². The average Bonchev–Trinajstić information content (AvgIpc) is 2.49. The number of nitrogens with zero attached hydrogens (tertiary/aromatic N) is 1. The van der Waals surface area contributed by atoms with Crippen molar-refractivity contribution in [1.29, 1.82) is 0 Å². The first-order valence-electron chi connectivity index (χ1n) is 6.15. The van der Waals surface area contributed by atoms with Gasteiger partial charge < -0.3 is 9.47 Å². The molecule has 3 rings (SSSR count). The minimum atomic E-state index is -0.0394. The Morgan fingerprint density at radius 1 is 0.944 bits per heavy atom. The summed E-state index contributed by atoms with van der Waals surface area (Å²) in [6.45, 7) is 1.90. The topological polar surface area (TPSA) is 31.4 Å². The lowest BCUT2D eigenvalue weighted by molar-refractivity contribution is -0.0917. The first kappa shape index (κ1) is 11.4. The zero-order chi connectivity index (χ0) is 12.2. The van der Waals surface area contributed by atoms with Gasteiger partial charge in [-0.2, -0.15) is 0 Å². The average molecular weight is 241 g/mol. The molecular formula is C15H15NO2. The van der Waals surface area contributed by atoms with Gasteiger partial charge in [0, 0.05) is 5.56 Å². The van der Waals surface area contributed by atoms with E-state index in [1.54, 1.807) is 0 Å². The van der Waals surface area contributed by atoms with Crippen LogP contribution in [0, 0.1) is 0 Å². The molecule has 2 heterocycles. The number of rotatable bonds is 2. The van der Waals surface area contributed by atoms with Crippen LogP contribution in [0.25, 0.3) is 11.3 Å². The Morgan fingerprint density at radius 2 is 1.83 bits per heavy atom. The highest BCUT2D eigenvalue weighted by molar-refractivity contribution is 5.58. The first-order valence-corrected chi connectivity index (χ1v) is 6.15. The molecule has 1 fully saturated rings. The Labute approximate surface area is 106 Å². The molecule has 1 aliphatic rings. The molecule has 0 spiro atoms. The monoisotopic (exact) mass is 241 g/mol. The van der Waals surface area contributed by atoms with Crippen molar-refractivity contribution in [3.05, 3.63) is 54.2 Å². The Hall–Kier alpha value is -1.71. The fraction of sp³-hybridized carbons (Fsp3) is 0.267. The smallest absolute Gasteiger partial charge is 0.123 e. The Bertz CT molecular complexity index is 507. The Balaban J connectivity index is 1.89. The number of aromatic nitrogens is 1. The molecule has 3 heteroatoms. The number of benzene rings is 1. The van der Waals surface area contributed by atoms with Gasteiger partial charge in [-0.05, 0) is 12.1 Å². The molecule has 0 bridgehead atoms. The fourth-order valence-electron chi connectivity index (χ4n) is 2.06. The zero-order valence-corrected chi connectivity index (χ0v) is 10.1. The molecule has 1 aromatic heterocycles. The summed E-state index contributed by atoms with van der Waals surface area (Å²) in [6, 6.07) is 16.2. The van der Waals surface area contributed by atoms with E-state index in [1.165, 1.54) is 0 Å². The molecule has 0 N–H and O–H groups in total. The highest BCUT2D eigenvalue weighted by Crippen LogP contribution is 2.22. The van der Waals surface area contributed by atoms with Gasteiger partial charge in [0.05, 0.1) is 31.2 Å². The van der Waals surface area contributed by atoms with Gasteiger partial charge in [0.1, 0.15) is 6.10 Å². The number of hydrogen-bond donors (Lipinski definition) is 0. The summed E-state index contributed by atoms with van der Waals surface area (Å²) in [5.74, 6) is 0. The van der Waals surface area contributed by atoms with Gasteiger partial charge in [-0.1, -0.05) is 36.4 Å². The lowest BCUT2D eigenvalue weighted by atomic mass is 10.1. The summed E-state index contributed by atoms with van der Waals surface area (Å²) < 4.78 is 11.1. The maximum Gasteiger partial charge on any atom is 0.123 e. The van der Waals surface area contributed by atoms with Crippen molar-refractivity contribution in [2.45, 2.75) is 6.10 Å². The van der Waals surface area contributed by atoms with Gasteiger partial charge in [0.25, 0.3) is 0 Å². The molecule has 1 aromatic carbocycles. The van der Waals surface area contributed by atoms with E-state index >= 15 is 0 Å². The lowest BCUT2D eigenvalue weighted by Crippen LogP contribution is -2.22. The van der Waals surface area contributed by atoms with E-state index in [9.17, 15) is 0 Å². The van der Waals surface area contributed by atoms with E-state index in [-0.39, 0.29) is 6.10 Å². The third kappa shape index (κ3) is 2.42. The Kier molecular flexibility index (Phi) is 3.35. The SMILES string of the molecule is c1ccc(-c2cccc(C3COCCO3)n2)cc1. The van der Waals surface area contributed by atoms with Crippen LogP contribution in [0.15, 0.2) is 48.5 Å². The van der Waals surface area contributed by atoms with Gasteiger partial charge in [0.15, 0.2) is 0 Å². The van der Waals surface area contributed by atoms with Crippen LogP contribution in [0.3, 0.4) is 0 Å². The van der Waals surface area contributed by atoms with Gasteiger partial charge in [-0.3, -0.25) is 0 Å². The van der Waals surface area contributed by atoms with Gasteiger partial charge in [-0.25, -0.2) is 4.98 Å². The standard InChI is InChI=1S/C15H15NO2/c1-2-5-12(6-3-1)13-7-4-8-14(16-13)15-11-17-9-10-18-15/h1-8,15H,9-11H2. The number of hydrogen-bond acceptors (Lipinski definition) is 3. The molecule has 3 nitrogen and oxygen atoms in total. The van der Waals surface area contributed by atoms with Gasteiger partial charge >= 0.3 is 0 Å². The molecule has 0 aliphatic carbocycles. The van der Waals surface area contributed by atoms with Gasteiger partial charge in [0.2, 0.25) is 0 Å². The van der Waals surface area contributed by atoms with Crippen LogP contribution in [-0.2, 0) is 9.47 Å². The fourth-order valence-corrected chi connectivity index (χ4v) is 2.06. The number of ether oxygens (including phenoxy) is 2. The normalized spacial score (nSPS) is 19.7. The van der Waals surface area contributed by atoms with Crippen molar-refractivity contribution in [2.24, 2.45) is 0 Å². The third-order valence-electron chi connectivity index (χ3n) is 2.99. The molecule has 0 saturated carbocycles. The summed E-state index contributed by atoms with van der Waals surface area (Å²) in [4.78, 5) is 4.66. The molecule has 1 atom stereocenters. The third-order valence-corrected chi connectivity index (χ3v) is 2.99. The summed E-state index contributed by atoms with van der Waals surface area (Å²) in [5.41, 5.74) is 3.04. The molecule has 1 unspecified atom stereocenters. The molecule has 18 heavy (non-hydrogen) atoms. The van der Waals surface area contributed by atoms with E-state index in [1.807, 2.05) is 36.4 Å². The minimum absolute atomic E-state index is 0.0394. The maximum atomic E-state index is 5.67. The van der Waals surface area contributed by atoms with Crippen molar-refractivity contribution >= 4 is 0 Å². The van der Waals surface area contributed by atoms with Crippen LogP contribution in [0.2, 0.25) is 0 Å². The van der Waals surface area contributed by atoms with E-state index in [0.29, 0.717) is 19.8 Å². The highest BCUT2D eigenvalue weighted by atomic mass is 16.6. The minimum Gasteiger partial charge on any atom is -0.376 e. The maximum absolute atomic E-state index is 5.67. The predicted octanol–water partition coefficient (Wildman–Crippen LogP) is 2.84. The first-order chi connectivity index (χ1) is 8.93. The summed E-state index contributed by atoms with van der Waals surface area (Å²) in [5, 5.41) is 0. The van der Waals surface area contributed by atoms with Crippen LogP contribution < -0.4 is 0 Å². The zero-order valence-electron chi connectivity index (χ0n) is 10.1. The van der Waals surface area contributed by atoms with E-state index in [2.05, 4.69) is 17.1 Å². The molecule has 1 saturated heterocycles. The molecule has 1 aliphatic heterocycles.